The largest absolute Gasteiger partial charge is 0.360 e. The Morgan fingerprint density at radius 1 is 1.20 bits per heavy atom. The molecule has 3 aromatic heterocycles. The fraction of sp³-hybridized carbons (Fsp3) is 0.478. The summed E-state index contributed by atoms with van der Waals surface area (Å²) >= 11 is 0. The van der Waals surface area contributed by atoms with E-state index in [0.717, 1.165) is 66.5 Å². The topological polar surface area (TPSA) is 77.0 Å². The Balaban J connectivity index is 1.37. The number of rotatable bonds is 6. The zero-order valence-corrected chi connectivity index (χ0v) is 18.0. The number of hydrogen-bond acceptors (Lipinski definition) is 5. The number of aromatic nitrogens is 4. The molecule has 0 bridgehead atoms. The van der Waals surface area contributed by atoms with E-state index in [-0.39, 0.29) is 5.91 Å². The summed E-state index contributed by atoms with van der Waals surface area (Å²) in [5.41, 5.74) is 4.89. The third-order valence-electron chi connectivity index (χ3n) is 5.88. The maximum absolute atomic E-state index is 12.6. The van der Waals surface area contributed by atoms with Gasteiger partial charge in [-0.3, -0.25) is 14.5 Å². The monoisotopic (exact) mass is 407 g/mol. The number of nitrogens with zero attached hydrogens (tertiary/aromatic N) is 5. The first-order chi connectivity index (χ1) is 14.5. The number of carbonyl (C=O) groups excluding carboxylic acids is 1. The van der Waals surface area contributed by atoms with E-state index < -0.39 is 0 Å². The van der Waals surface area contributed by atoms with Crippen LogP contribution in [0.1, 0.15) is 54.9 Å². The number of likely N-dealkylation sites (tertiary alicyclic amines) is 1. The van der Waals surface area contributed by atoms with Crippen molar-refractivity contribution in [3.05, 3.63) is 53.3 Å². The molecule has 7 heteroatoms. The van der Waals surface area contributed by atoms with Gasteiger partial charge >= 0.3 is 0 Å². The molecule has 0 saturated carbocycles. The normalized spacial score (nSPS) is 15.0. The van der Waals surface area contributed by atoms with Crippen molar-refractivity contribution in [2.24, 2.45) is 0 Å². The number of aryl methyl sites for hydroxylation is 4. The molecule has 3 aromatic rings. The summed E-state index contributed by atoms with van der Waals surface area (Å²) in [7, 11) is 0. The molecule has 0 aliphatic carbocycles. The van der Waals surface area contributed by atoms with Gasteiger partial charge in [0, 0.05) is 50.3 Å². The Labute approximate surface area is 177 Å². The van der Waals surface area contributed by atoms with E-state index in [1.165, 1.54) is 0 Å². The summed E-state index contributed by atoms with van der Waals surface area (Å²) in [6.45, 7) is 8.17. The van der Waals surface area contributed by atoms with Gasteiger partial charge < -0.3 is 9.42 Å². The van der Waals surface area contributed by atoms with Crippen LogP contribution in [0.3, 0.4) is 0 Å². The van der Waals surface area contributed by atoms with Crippen molar-refractivity contribution in [2.45, 2.75) is 58.9 Å². The maximum Gasteiger partial charge on any atom is 0.224 e. The summed E-state index contributed by atoms with van der Waals surface area (Å²) in [6, 6.07) is 8.15. The molecule has 1 saturated heterocycles. The van der Waals surface area contributed by atoms with E-state index in [4.69, 9.17) is 9.51 Å². The lowest BCUT2D eigenvalue weighted by Gasteiger charge is -2.32. The summed E-state index contributed by atoms with van der Waals surface area (Å²) in [6.07, 6.45) is 5.08. The van der Waals surface area contributed by atoms with E-state index in [2.05, 4.69) is 29.3 Å². The molecule has 1 fully saturated rings. The van der Waals surface area contributed by atoms with Crippen molar-refractivity contribution < 1.29 is 9.32 Å². The summed E-state index contributed by atoms with van der Waals surface area (Å²) in [5.74, 6) is 1.45. The first-order valence-electron chi connectivity index (χ1n) is 10.8. The van der Waals surface area contributed by atoms with E-state index in [1.54, 1.807) is 0 Å². The second-order valence-corrected chi connectivity index (χ2v) is 7.99. The van der Waals surface area contributed by atoms with Crippen LogP contribution in [-0.4, -0.2) is 43.8 Å². The highest BCUT2D eigenvalue weighted by molar-refractivity contribution is 5.76. The average Bonchev–Trinajstić information content (AvgIpc) is 3.37. The van der Waals surface area contributed by atoms with Gasteiger partial charge in [0.15, 0.2) is 0 Å². The van der Waals surface area contributed by atoms with Crippen LogP contribution in [-0.2, 0) is 17.8 Å². The Morgan fingerprint density at radius 2 is 2.00 bits per heavy atom. The molecule has 0 N–H and O–H groups in total. The number of carbonyl (C=O) groups is 1. The highest BCUT2D eigenvalue weighted by Gasteiger charge is 2.25. The molecule has 1 amide bonds. The molecule has 4 rings (SSSR count). The fourth-order valence-corrected chi connectivity index (χ4v) is 4.18. The van der Waals surface area contributed by atoms with Gasteiger partial charge in [0.1, 0.15) is 5.76 Å². The molecule has 0 aromatic carbocycles. The summed E-state index contributed by atoms with van der Waals surface area (Å²) in [4.78, 5) is 19.5. The van der Waals surface area contributed by atoms with Crippen LogP contribution in [0.25, 0.3) is 11.3 Å². The van der Waals surface area contributed by atoms with Gasteiger partial charge in [-0.2, -0.15) is 5.10 Å². The molecule has 4 heterocycles. The van der Waals surface area contributed by atoms with Crippen LogP contribution in [0, 0.1) is 13.8 Å². The fourth-order valence-electron chi connectivity index (χ4n) is 4.18. The third-order valence-corrected chi connectivity index (χ3v) is 5.88. The van der Waals surface area contributed by atoms with E-state index in [0.29, 0.717) is 18.9 Å². The van der Waals surface area contributed by atoms with Gasteiger partial charge in [0.25, 0.3) is 0 Å². The summed E-state index contributed by atoms with van der Waals surface area (Å²) < 4.78 is 7.28. The van der Waals surface area contributed by atoms with Crippen LogP contribution in [0.5, 0.6) is 0 Å². The van der Waals surface area contributed by atoms with Crippen molar-refractivity contribution in [1.82, 2.24) is 24.8 Å². The molecule has 1 aliphatic heterocycles. The zero-order valence-electron chi connectivity index (χ0n) is 18.0. The van der Waals surface area contributed by atoms with Crippen LogP contribution in [0.2, 0.25) is 0 Å². The minimum atomic E-state index is 0.205. The first-order valence-corrected chi connectivity index (χ1v) is 10.8. The van der Waals surface area contributed by atoms with Crippen molar-refractivity contribution in [3.8, 4) is 11.3 Å². The van der Waals surface area contributed by atoms with Gasteiger partial charge in [0.2, 0.25) is 5.91 Å². The smallest absolute Gasteiger partial charge is 0.224 e. The first kappa shape index (κ1) is 20.3. The van der Waals surface area contributed by atoms with Gasteiger partial charge in [-0.1, -0.05) is 18.1 Å². The SMILES string of the molecule is CCc1onc(C)c1-c1cccc(C2CCN(C(=O)CCn3ccc(C)n3)CC2)n1. The average molecular weight is 408 g/mol. The molecule has 0 spiro atoms. The second kappa shape index (κ2) is 8.81. The second-order valence-electron chi connectivity index (χ2n) is 7.99. The zero-order chi connectivity index (χ0) is 21.1. The Hall–Kier alpha value is -2.96. The minimum absolute atomic E-state index is 0.205. The van der Waals surface area contributed by atoms with E-state index >= 15 is 0 Å². The lowest BCUT2D eigenvalue weighted by molar-refractivity contribution is -0.132. The molecule has 0 atom stereocenters. The van der Waals surface area contributed by atoms with E-state index in [9.17, 15) is 4.79 Å². The lowest BCUT2D eigenvalue weighted by atomic mass is 9.92. The number of piperidine rings is 1. The third kappa shape index (κ3) is 4.30. The molecule has 7 nitrogen and oxygen atoms in total. The Kier molecular flexibility index (Phi) is 5.97. The molecule has 158 valence electrons. The van der Waals surface area contributed by atoms with Gasteiger partial charge in [0.05, 0.1) is 22.6 Å². The highest BCUT2D eigenvalue weighted by Crippen LogP contribution is 2.31. The van der Waals surface area contributed by atoms with Crippen LogP contribution in [0.15, 0.2) is 35.0 Å². The minimum Gasteiger partial charge on any atom is -0.360 e. The molecule has 1 aliphatic rings. The summed E-state index contributed by atoms with van der Waals surface area (Å²) in [5, 5.41) is 8.46. The van der Waals surface area contributed by atoms with Gasteiger partial charge in [-0.15, -0.1) is 0 Å². The maximum atomic E-state index is 12.6. The molecular weight excluding hydrogens is 378 g/mol. The Morgan fingerprint density at radius 3 is 2.70 bits per heavy atom. The molecule has 0 unspecified atom stereocenters. The van der Waals surface area contributed by atoms with E-state index in [1.807, 2.05) is 41.8 Å². The molecule has 0 radical (unpaired) electrons. The lowest BCUT2D eigenvalue weighted by Crippen LogP contribution is -2.38. The highest BCUT2D eigenvalue weighted by atomic mass is 16.5. The number of hydrogen-bond donors (Lipinski definition) is 0. The molecule has 30 heavy (non-hydrogen) atoms. The number of pyridine rings is 1. The Bertz CT molecular complexity index is 1010. The van der Waals surface area contributed by atoms with Gasteiger partial charge in [-0.05, 0) is 44.9 Å². The van der Waals surface area contributed by atoms with Crippen LogP contribution >= 0.6 is 0 Å². The van der Waals surface area contributed by atoms with Crippen molar-refractivity contribution >= 4 is 5.91 Å². The van der Waals surface area contributed by atoms with Crippen LogP contribution in [0.4, 0.5) is 0 Å². The molecular formula is C23H29N5O2. The van der Waals surface area contributed by atoms with Crippen molar-refractivity contribution in [1.29, 1.82) is 0 Å². The van der Waals surface area contributed by atoms with Crippen molar-refractivity contribution in [3.63, 3.8) is 0 Å². The van der Waals surface area contributed by atoms with Crippen LogP contribution < -0.4 is 0 Å². The predicted molar refractivity (Wildman–Crippen MR) is 114 cm³/mol. The number of amides is 1. The standard InChI is InChI=1S/C23H29N5O2/c1-4-21-23(17(3)26-30-21)20-7-5-6-19(24-20)18-9-12-27(13-10-18)22(29)11-15-28-14-8-16(2)25-28/h5-8,14,18H,4,9-13,15H2,1-3H3. The van der Waals surface area contributed by atoms with Gasteiger partial charge in [-0.25, -0.2) is 0 Å². The quantitative estimate of drug-likeness (QED) is 0.619. The predicted octanol–water partition coefficient (Wildman–Crippen LogP) is 3.91. The van der Waals surface area contributed by atoms with Crippen molar-refractivity contribution in [2.75, 3.05) is 13.1 Å².